The number of carbonyl (C=O) groups excluding carboxylic acids is 1. The number of hydrogen-bond acceptors (Lipinski definition) is 3. The van der Waals surface area contributed by atoms with Gasteiger partial charge in [0.25, 0.3) is 0 Å². The molecule has 0 aromatic heterocycles. The zero-order chi connectivity index (χ0) is 10.6. The van der Waals surface area contributed by atoms with Gasteiger partial charge in [0.15, 0.2) is 0 Å². The number of carbonyl (C=O) groups is 2. The summed E-state index contributed by atoms with van der Waals surface area (Å²) in [7, 11) is 3.74. The van der Waals surface area contributed by atoms with E-state index in [1.807, 2.05) is 32.8 Å². The van der Waals surface area contributed by atoms with E-state index in [9.17, 15) is 9.59 Å². The van der Waals surface area contributed by atoms with Crippen molar-refractivity contribution in [2.24, 2.45) is 0 Å². The van der Waals surface area contributed by atoms with Crippen molar-refractivity contribution >= 4 is 11.9 Å². The van der Waals surface area contributed by atoms with Crippen LogP contribution in [0.3, 0.4) is 0 Å². The van der Waals surface area contributed by atoms with E-state index in [1.165, 1.54) is 0 Å². The number of carboxylic acids is 1. The third-order valence-corrected chi connectivity index (χ3v) is 2.09. The van der Waals surface area contributed by atoms with Gasteiger partial charge in [-0.05, 0) is 27.9 Å². The maximum Gasteiger partial charge on any atom is 0.394 e. The molecule has 0 atom stereocenters. The molecule has 0 aliphatic rings. The van der Waals surface area contributed by atoms with Gasteiger partial charge in [-0.15, -0.1) is 0 Å². The van der Waals surface area contributed by atoms with Crippen molar-refractivity contribution in [3.8, 4) is 0 Å². The molecule has 0 aliphatic carbocycles. The van der Waals surface area contributed by atoms with E-state index < -0.39 is 11.9 Å². The van der Waals surface area contributed by atoms with Crippen LogP contribution in [0, 0.1) is 0 Å². The van der Waals surface area contributed by atoms with E-state index >= 15 is 0 Å². The molecule has 76 valence electrons. The highest BCUT2D eigenvalue weighted by Crippen LogP contribution is 2.07. The zero-order valence-electron chi connectivity index (χ0n) is 8.42. The third-order valence-electron chi connectivity index (χ3n) is 2.09. The number of amides is 1. The molecule has 0 rings (SSSR count). The van der Waals surface area contributed by atoms with Crippen molar-refractivity contribution in [1.82, 2.24) is 10.2 Å². The molecule has 0 spiro atoms. The Balaban J connectivity index is 4.02. The van der Waals surface area contributed by atoms with Crippen LogP contribution in [0.1, 0.15) is 13.8 Å². The molecule has 2 N–H and O–H groups in total. The maximum absolute atomic E-state index is 10.7. The van der Waals surface area contributed by atoms with Crippen molar-refractivity contribution in [2.45, 2.75) is 19.4 Å². The molecular formula is C8H16N2O3. The number of carboxylic acid groups (broad SMARTS) is 1. The molecule has 0 fully saturated rings. The van der Waals surface area contributed by atoms with Gasteiger partial charge >= 0.3 is 11.9 Å². The Labute approximate surface area is 77.7 Å². The van der Waals surface area contributed by atoms with Gasteiger partial charge in [-0.1, -0.05) is 0 Å². The normalized spacial score (nSPS) is 11.5. The molecule has 0 heterocycles. The van der Waals surface area contributed by atoms with Gasteiger partial charge in [0.2, 0.25) is 0 Å². The summed E-state index contributed by atoms with van der Waals surface area (Å²) < 4.78 is 0. The summed E-state index contributed by atoms with van der Waals surface area (Å²) in [5.41, 5.74) is -0.245. The van der Waals surface area contributed by atoms with Crippen molar-refractivity contribution in [1.29, 1.82) is 0 Å². The van der Waals surface area contributed by atoms with E-state index in [1.54, 1.807) is 0 Å². The van der Waals surface area contributed by atoms with E-state index in [0.717, 1.165) is 0 Å². The summed E-state index contributed by atoms with van der Waals surface area (Å²) in [6.45, 7) is 4.13. The van der Waals surface area contributed by atoms with E-state index in [0.29, 0.717) is 6.54 Å². The molecule has 0 bridgehead atoms. The lowest BCUT2D eigenvalue weighted by Gasteiger charge is -2.32. The molecule has 0 radical (unpaired) electrons. The second-order valence-electron chi connectivity index (χ2n) is 3.69. The van der Waals surface area contributed by atoms with Crippen LogP contribution in [-0.2, 0) is 9.59 Å². The van der Waals surface area contributed by atoms with Crippen LogP contribution in [0.5, 0.6) is 0 Å². The lowest BCUT2D eigenvalue weighted by Crippen LogP contribution is -2.49. The largest absolute Gasteiger partial charge is 0.474 e. The first-order valence-electron chi connectivity index (χ1n) is 3.96. The topological polar surface area (TPSA) is 69.6 Å². The molecular weight excluding hydrogens is 172 g/mol. The van der Waals surface area contributed by atoms with E-state index in [2.05, 4.69) is 5.32 Å². The third kappa shape index (κ3) is 3.89. The Morgan fingerprint density at radius 2 is 1.85 bits per heavy atom. The van der Waals surface area contributed by atoms with Gasteiger partial charge in [-0.3, -0.25) is 4.79 Å². The Morgan fingerprint density at radius 3 is 2.15 bits per heavy atom. The molecule has 0 aromatic rings. The molecule has 5 nitrogen and oxygen atoms in total. The van der Waals surface area contributed by atoms with Crippen LogP contribution in [0.15, 0.2) is 0 Å². The van der Waals surface area contributed by atoms with Crippen molar-refractivity contribution in [2.75, 3.05) is 20.6 Å². The fourth-order valence-electron chi connectivity index (χ4n) is 0.530. The lowest BCUT2D eigenvalue weighted by atomic mass is 10.0. The van der Waals surface area contributed by atoms with Crippen molar-refractivity contribution in [3.63, 3.8) is 0 Å². The van der Waals surface area contributed by atoms with Crippen molar-refractivity contribution < 1.29 is 14.7 Å². The smallest absolute Gasteiger partial charge is 0.394 e. The first-order valence-corrected chi connectivity index (χ1v) is 3.96. The maximum atomic E-state index is 10.7. The summed E-state index contributed by atoms with van der Waals surface area (Å²) in [4.78, 5) is 22.8. The van der Waals surface area contributed by atoms with Gasteiger partial charge in [0, 0.05) is 12.1 Å². The molecule has 0 aliphatic heterocycles. The fourth-order valence-corrected chi connectivity index (χ4v) is 0.530. The summed E-state index contributed by atoms with van der Waals surface area (Å²) >= 11 is 0. The number of likely N-dealkylation sites (N-methyl/N-ethyl adjacent to an activating group) is 1. The Kier molecular flexibility index (Phi) is 3.87. The number of hydrogen-bond donors (Lipinski definition) is 2. The minimum absolute atomic E-state index is 0.245. The molecule has 0 saturated heterocycles. The predicted octanol–water partition coefficient (Wildman–Crippen LogP) is -0.473. The minimum atomic E-state index is -1.45. The summed E-state index contributed by atoms with van der Waals surface area (Å²) in [6, 6.07) is 0. The summed E-state index contributed by atoms with van der Waals surface area (Å²) in [5.74, 6) is -2.41. The first-order chi connectivity index (χ1) is 5.77. The average molecular weight is 188 g/mol. The highest BCUT2D eigenvalue weighted by Gasteiger charge is 2.22. The molecule has 1 amide bonds. The number of aliphatic carboxylic acids is 1. The summed E-state index contributed by atoms with van der Waals surface area (Å²) in [6.07, 6.45) is 0. The Hall–Kier alpha value is -1.10. The average Bonchev–Trinajstić information content (AvgIpc) is 1.99. The number of rotatable bonds is 3. The van der Waals surface area contributed by atoms with Crippen LogP contribution in [0.2, 0.25) is 0 Å². The highest BCUT2D eigenvalue weighted by molar-refractivity contribution is 6.31. The molecule has 0 aromatic carbocycles. The van der Waals surface area contributed by atoms with Crippen LogP contribution in [0.25, 0.3) is 0 Å². The van der Waals surface area contributed by atoms with Gasteiger partial charge in [-0.2, -0.15) is 0 Å². The summed E-state index contributed by atoms with van der Waals surface area (Å²) in [5, 5.41) is 10.6. The van der Waals surface area contributed by atoms with Gasteiger partial charge in [-0.25, -0.2) is 4.79 Å². The minimum Gasteiger partial charge on any atom is -0.474 e. The van der Waals surface area contributed by atoms with Crippen LogP contribution >= 0.6 is 0 Å². The second kappa shape index (κ2) is 4.23. The molecule has 0 saturated carbocycles. The number of nitrogens with one attached hydrogen (secondary N) is 1. The van der Waals surface area contributed by atoms with E-state index in [4.69, 9.17) is 5.11 Å². The van der Waals surface area contributed by atoms with Gasteiger partial charge in [0.05, 0.1) is 0 Å². The fraction of sp³-hybridized carbons (Fsp3) is 0.750. The monoisotopic (exact) mass is 188 g/mol. The Morgan fingerprint density at radius 1 is 1.38 bits per heavy atom. The molecule has 13 heavy (non-hydrogen) atoms. The highest BCUT2D eigenvalue weighted by atomic mass is 16.4. The number of nitrogens with zero attached hydrogens (tertiary/aromatic N) is 1. The first kappa shape index (κ1) is 11.9. The molecule has 0 unspecified atom stereocenters. The predicted molar refractivity (Wildman–Crippen MR) is 48.4 cm³/mol. The SMILES string of the molecule is CN(C)C(C)(C)CNC(=O)C(=O)O. The van der Waals surface area contributed by atoms with Gasteiger partial charge < -0.3 is 15.3 Å². The zero-order valence-corrected chi connectivity index (χ0v) is 8.42. The molecule has 5 heteroatoms. The van der Waals surface area contributed by atoms with Gasteiger partial charge in [0.1, 0.15) is 0 Å². The van der Waals surface area contributed by atoms with Crippen LogP contribution in [-0.4, -0.2) is 48.1 Å². The van der Waals surface area contributed by atoms with Crippen LogP contribution < -0.4 is 5.32 Å². The van der Waals surface area contributed by atoms with Crippen molar-refractivity contribution in [3.05, 3.63) is 0 Å². The standard InChI is InChI=1S/C8H16N2O3/c1-8(2,10(3)4)5-9-6(11)7(12)13/h5H2,1-4H3,(H,9,11)(H,12,13). The van der Waals surface area contributed by atoms with E-state index in [-0.39, 0.29) is 5.54 Å². The lowest BCUT2D eigenvalue weighted by molar-refractivity contribution is -0.150. The Bertz CT molecular complexity index is 211. The second-order valence-corrected chi connectivity index (χ2v) is 3.69. The van der Waals surface area contributed by atoms with Crippen LogP contribution in [0.4, 0.5) is 0 Å². The quantitative estimate of drug-likeness (QED) is 0.587.